The number of hydrogen-bond donors (Lipinski definition) is 1. The summed E-state index contributed by atoms with van der Waals surface area (Å²) in [5.41, 5.74) is 1.86. The molecule has 1 atom stereocenters. The van der Waals surface area contributed by atoms with Gasteiger partial charge in [-0.2, -0.15) is 0 Å². The highest BCUT2D eigenvalue weighted by molar-refractivity contribution is 6.11. The SMILES string of the molecule is CC1=CC(=O)NC2=CC(=NC(=O)C(C)(C)C)C=CC12. The normalized spacial score (nSPS) is 24.5. The van der Waals surface area contributed by atoms with Crippen LogP contribution in [0.15, 0.2) is 40.6 Å². The molecule has 4 nitrogen and oxygen atoms in total. The summed E-state index contributed by atoms with van der Waals surface area (Å²) in [5, 5.41) is 2.79. The molecule has 0 radical (unpaired) electrons. The van der Waals surface area contributed by atoms with E-state index < -0.39 is 5.41 Å². The molecule has 0 fully saturated rings. The van der Waals surface area contributed by atoms with Crippen molar-refractivity contribution in [1.82, 2.24) is 5.32 Å². The fraction of sp³-hybridized carbons (Fsp3) is 0.400. The number of carbonyl (C=O) groups excluding carboxylic acids is 2. The minimum absolute atomic E-state index is 0.0846. The number of rotatable bonds is 0. The van der Waals surface area contributed by atoms with Crippen molar-refractivity contribution in [3.05, 3.63) is 35.6 Å². The third-order valence-electron chi connectivity index (χ3n) is 3.09. The third kappa shape index (κ3) is 2.89. The van der Waals surface area contributed by atoms with Crippen LogP contribution in [0.4, 0.5) is 0 Å². The predicted octanol–water partition coefficient (Wildman–Crippen LogP) is 2.15. The first-order chi connectivity index (χ1) is 8.77. The summed E-state index contributed by atoms with van der Waals surface area (Å²) in [5.74, 6) is -0.213. The van der Waals surface area contributed by atoms with Crippen LogP contribution in [0.1, 0.15) is 27.7 Å². The Balaban J connectivity index is 2.29. The standard InChI is InChI=1S/C15H18N2O2/c1-9-7-13(18)17-12-8-10(5-6-11(9)12)16-14(19)15(2,3)4/h5-8,11H,1-4H3,(H,17,18). The van der Waals surface area contributed by atoms with E-state index >= 15 is 0 Å². The van der Waals surface area contributed by atoms with Gasteiger partial charge in [-0.1, -0.05) is 32.4 Å². The minimum Gasteiger partial charge on any atom is -0.325 e. The van der Waals surface area contributed by atoms with Crippen LogP contribution in [-0.2, 0) is 9.59 Å². The summed E-state index contributed by atoms with van der Waals surface area (Å²) in [7, 11) is 0. The summed E-state index contributed by atoms with van der Waals surface area (Å²) >= 11 is 0. The van der Waals surface area contributed by atoms with Gasteiger partial charge in [-0.3, -0.25) is 9.59 Å². The molecule has 0 aromatic rings. The summed E-state index contributed by atoms with van der Waals surface area (Å²) in [6.07, 6.45) is 7.14. The first-order valence-corrected chi connectivity index (χ1v) is 6.29. The highest BCUT2D eigenvalue weighted by Crippen LogP contribution is 2.26. The molecule has 0 saturated heterocycles. The average Bonchev–Trinajstić information content (AvgIpc) is 2.26. The molecule has 1 unspecified atom stereocenters. The Bertz CT molecular complexity index is 557. The van der Waals surface area contributed by atoms with Gasteiger partial charge in [-0.25, -0.2) is 4.99 Å². The zero-order chi connectivity index (χ0) is 14.2. The van der Waals surface area contributed by atoms with Crippen molar-refractivity contribution in [2.45, 2.75) is 27.7 Å². The van der Waals surface area contributed by atoms with E-state index in [1.165, 1.54) is 0 Å². The zero-order valence-corrected chi connectivity index (χ0v) is 11.7. The van der Waals surface area contributed by atoms with Gasteiger partial charge in [0.05, 0.1) is 5.71 Å². The lowest BCUT2D eigenvalue weighted by Crippen LogP contribution is -2.32. The monoisotopic (exact) mass is 258 g/mol. The summed E-state index contributed by atoms with van der Waals surface area (Å²) in [6, 6.07) is 0. The molecule has 100 valence electrons. The van der Waals surface area contributed by atoms with Gasteiger partial charge in [0.2, 0.25) is 5.91 Å². The van der Waals surface area contributed by atoms with E-state index in [0.29, 0.717) is 5.71 Å². The Kier molecular flexibility index (Phi) is 3.27. The second-order valence-electron chi connectivity index (χ2n) is 5.91. The smallest absolute Gasteiger partial charge is 0.251 e. The fourth-order valence-electron chi connectivity index (χ4n) is 1.94. The molecule has 4 heteroatoms. The van der Waals surface area contributed by atoms with Crippen LogP contribution < -0.4 is 5.32 Å². The van der Waals surface area contributed by atoms with Crippen LogP contribution >= 0.6 is 0 Å². The number of carbonyl (C=O) groups is 2. The molecule has 1 aliphatic carbocycles. The van der Waals surface area contributed by atoms with Crippen LogP contribution in [-0.4, -0.2) is 17.5 Å². The Morgan fingerprint density at radius 2 is 2.00 bits per heavy atom. The van der Waals surface area contributed by atoms with Crippen LogP contribution in [0.2, 0.25) is 0 Å². The molecule has 0 bridgehead atoms. The van der Waals surface area contributed by atoms with E-state index in [1.54, 1.807) is 12.2 Å². The van der Waals surface area contributed by atoms with Crippen molar-refractivity contribution in [3.8, 4) is 0 Å². The average molecular weight is 258 g/mol. The van der Waals surface area contributed by atoms with Crippen LogP contribution in [0, 0.1) is 11.3 Å². The molecule has 0 aromatic heterocycles. The number of amides is 2. The first kappa shape index (κ1) is 13.5. The van der Waals surface area contributed by atoms with Crippen molar-refractivity contribution in [1.29, 1.82) is 0 Å². The Morgan fingerprint density at radius 1 is 1.32 bits per heavy atom. The van der Waals surface area contributed by atoms with Gasteiger partial charge in [0.1, 0.15) is 0 Å². The van der Waals surface area contributed by atoms with Crippen molar-refractivity contribution in [2.75, 3.05) is 0 Å². The highest BCUT2D eigenvalue weighted by Gasteiger charge is 2.25. The lowest BCUT2D eigenvalue weighted by molar-refractivity contribution is -0.124. The molecule has 0 aromatic carbocycles. The Morgan fingerprint density at radius 3 is 2.63 bits per heavy atom. The maximum atomic E-state index is 11.9. The van der Waals surface area contributed by atoms with Crippen LogP contribution in [0.5, 0.6) is 0 Å². The van der Waals surface area contributed by atoms with Crippen molar-refractivity contribution in [2.24, 2.45) is 16.3 Å². The van der Waals surface area contributed by atoms with Crippen molar-refractivity contribution >= 4 is 17.5 Å². The Labute approximate surface area is 113 Å². The topological polar surface area (TPSA) is 58.5 Å². The minimum atomic E-state index is -0.498. The number of nitrogens with one attached hydrogen (secondary N) is 1. The number of aliphatic imine (C=N–C) groups is 1. The van der Waals surface area contributed by atoms with E-state index in [0.717, 1.165) is 11.3 Å². The lowest BCUT2D eigenvalue weighted by atomic mass is 9.88. The molecular weight excluding hydrogens is 240 g/mol. The molecule has 0 saturated carbocycles. The second kappa shape index (κ2) is 4.61. The molecule has 0 spiro atoms. The number of hydrogen-bond acceptors (Lipinski definition) is 2. The predicted molar refractivity (Wildman–Crippen MR) is 74.5 cm³/mol. The summed E-state index contributed by atoms with van der Waals surface area (Å²) in [6.45, 7) is 7.41. The molecule has 1 aliphatic heterocycles. The molecule has 2 rings (SSSR count). The lowest BCUT2D eigenvalue weighted by Gasteiger charge is -2.25. The molecule has 2 amide bonds. The van der Waals surface area contributed by atoms with Gasteiger partial charge in [0.15, 0.2) is 0 Å². The van der Waals surface area contributed by atoms with Gasteiger partial charge in [0, 0.05) is 23.1 Å². The van der Waals surface area contributed by atoms with Crippen LogP contribution in [0.25, 0.3) is 0 Å². The van der Waals surface area contributed by atoms with E-state index in [2.05, 4.69) is 10.3 Å². The zero-order valence-electron chi connectivity index (χ0n) is 11.7. The van der Waals surface area contributed by atoms with Gasteiger partial charge >= 0.3 is 0 Å². The highest BCUT2D eigenvalue weighted by atomic mass is 16.2. The van der Waals surface area contributed by atoms with Crippen molar-refractivity contribution in [3.63, 3.8) is 0 Å². The third-order valence-corrected chi connectivity index (χ3v) is 3.09. The quantitative estimate of drug-likeness (QED) is 0.723. The molecule has 19 heavy (non-hydrogen) atoms. The molecule has 1 heterocycles. The summed E-state index contributed by atoms with van der Waals surface area (Å²) < 4.78 is 0. The Hall–Kier alpha value is -1.97. The van der Waals surface area contributed by atoms with E-state index in [4.69, 9.17) is 0 Å². The van der Waals surface area contributed by atoms with Gasteiger partial charge < -0.3 is 5.32 Å². The van der Waals surface area contributed by atoms with Crippen molar-refractivity contribution < 1.29 is 9.59 Å². The molecule has 1 N–H and O–H groups in total. The largest absolute Gasteiger partial charge is 0.325 e. The molecule has 2 aliphatic rings. The maximum absolute atomic E-state index is 11.9. The first-order valence-electron chi connectivity index (χ1n) is 6.29. The van der Waals surface area contributed by atoms with E-state index in [1.807, 2.05) is 39.8 Å². The maximum Gasteiger partial charge on any atom is 0.251 e. The number of allylic oxidation sites excluding steroid dienone is 3. The van der Waals surface area contributed by atoms with E-state index in [-0.39, 0.29) is 17.7 Å². The summed E-state index contributed by atoms with van der Waals surface area (Å²) in [4.78, 5) is 27.4. The van der Waals surface area contributed by atoms with E-state index in [9.17, 15) is 9.59 Å². The molecular formula is C15H18N2O2. The van der Waals surface area contributed by atoms with Gasteiger partial charge in [-0.05, 0) is 19.1 Å². The number of nitrogens with zero attached hydrogens (tertiary/aromatic N) is 1. The number of fused-ring (bicyclic) bond motifs is 1. The second-order valence-corrected chi connectivity index (χ2v) is 5.91. The van der Waals surface area contributed by atoms with Gasteiger partial charge in [0.25, 0.3) is 5.91 Å². The fourth-order valence-corrected chi connectivity index (χ4v) is 1.94. The van der Waals surface area contributed by atoms with Gasteiger partial charge in [-0.15, -0.1) is 0 Å². The van der Waals surface area contributed by atoms with Crippen LogP contribution in [0.3, 0.4) is 0 Å².